The third-order valence-electron chi connectivity index (χ3n) is 1.72. The third kappa shape index (κ3) is 3.43. The number of hydrogen-bond donors (Lipinski definition) is 2. The molecule has 0 saturated carbocycles. The molecule has 0 fully saturated rings. The van der Waals surface area contributed by atoms with Crippen LogP contribution in [0.3, 0.4) is 0 Å². The summed E-state index contributed by atoms with van der Waals surface area (Å²) >= 11 is 3.22. The quantitative estimate of drug-likeness (QED) is 0.865. The Morgan fingerprint density at radius 3 is 2.79 bits per heavy atom. The Morgan fingerprint density at radius 2 is 2.29 bits per heavy atom. The highest BCUT2D eigenvalue weighted by Crippen LogP contribution is 2.17. The number of nitrogens with zero attached hydrogens (tertiary/aromatic N) is 1. The van der Waals surface area contributed by atoms with Crippen LogP contribution in [0, 0.1) is 0 Å². The summed E-state index contributed by atoms with van der Waals surface area (Å²) in [6, 6.07) is 3.42. The number of aliphatic hydroxyl groups excluding tert-OH is 1. The van der Waals surface area contributed by atoms with Gasteiger partial charge < -0.3 is 10.2 Å². The maximum absolute atomic E-state index is 10.3. The minimum Gasteiger partial charge on any atom is -0.481 e. The maximum atomic E-state index is 10.3. The van der Waals surface area contributed by atoms with Crippen LogP contribution in [0.25, 0.3) is 0 Å². The Hall–Kier alpha value is -0.940. The zero-order chi connectivity index (χ0) is 10.6. The molecular weight excluding hydrogens is 250 g/mol. The van der Waals surface area contributed by atoms with Crippen LogP contribution >= 0.6 is 15.9 Å². The van der Waals surface area contributed by atoms with Crippen molar-refractivity contribution in [3.63, 3.8) is 0 Å². The molecule has 76 valence electrons. The number of carbonyl (C=O) groups is 1. The second kappa shape index (κ2) is 5.07. The number of carboxylic acid groups (broad SMARTS) is 1. The van der Waals surface area contributed by atoms with Gasteiger partial charge in [-0.1, -0.05) is 0 Å². The molecule has 0 amide bonds. The molecular formula is C9H10BrNO3. The average molecular weight is 260 g/mol. The zero-order valence-electron chi connectivity index (χ0n) is 7.35. The lowest BCUT2D eigenvalue weighted by Crippen LogP contribution is -2.03. The summed E-state index contributed by atoms with van der Waals surface area (Å²) in [5, 5.41) is 17.9. The second-order valence-electron chi connectivity index (χ2n) is 2.85. The minimum atomic E-state index is -0.916. The van der Waals surface area contributed by atoms with Crippen LogP contribution in [0.5, 0.6) is 0 Å². The summed E-state index contributed by atoms with van der Waals surface area (Å²) in [5.41, 5.74) is 0.495. The summed E-state index contributed by atoms with van der Waals surface area (Å²) in [7, 11) is 0. The summed E-state index contributed by atoms with van der Waals surface area (Å²) < 4.78 is 0.826. The van der Waals surface area contributed by atoms with Crippen LogP contribution in [0.4, 0.5) is 0 Å². The van der Waals surface area contributed by atoms with E-state index in [2.05, 4.69) is 20.9 Å². The number of hydrogen-bond acceptors (Lipinski definition) is 3. The summed E-state index contributed by atoms with van der Waals surface area (Å²) in [6.45, 7) is 0. The van der Waals surface area contributed by atoms with Gasteiger partial charge in [0.25, 0.3) is 0 Å². The van der Waals surface area contributed by atoms with Crippen LogP contribution in [0.1, 0.15) is 24.6 Å². The van der Waals surface area contributed by atoms with Gasteiger partial charge in [-0.25, -0.2) is 0 Å². The summed E-state index contributed by atoms with van der Waals surface area (Å²) in [5.74, 6) is -0.916. The van der Waals surface area contributed by atoms with Crippen molar-refractivity contribution in [3.8, 4) is 0 Å². The number of carboxylic acids is 1. The van der Waals surface area contributed by atoms with Crippen molar-refractivity contribution in [1.82, 2.24) is 4.98 Å². The van der Waals surface area contributed by atoms with Crippen molar-refractivity contribution in [2.75, 3.05) is 0 Å². The first-order valence-corrected chi connectivity index (χ1v) is 4.90. The van der Waals surface area contributed by atoms with Gasteiger partial charge in [0, 0.05) is 17.1 Å². The van der Waals surface area contributed by atoms with Crippen molar-refractivity contribution in [3.05, 3.63) is 28.5 Å². The van der Waals surface area contributed by atoms with Gasteiger partial charge in [0.1, 0.15) is 0 Å². The van der Waals surface area contributed by atoms with Crippen molar-refractivity contribution >= 4 is 21.9 Å². The van der Waals surface area contributed by atoms with Gasteiger partial charge in [-0.05, 0) is 34.5 Å². The monoisotopic (exact) mass is 259 g/mol. The molecule has 1 atom stereocenters. The van der Waals surface area contributed by atoms with E-state index >= 15 is 0 Å². The fourth-order valence-electron chi connectivity index (χ4n) is 0.992. The molecule has 0 aromatic carbocycles. The molecule has 1 heterocycles. The second-order valence-corrected chi connectivity index (χ2v) is 3.77. The van der Waals surface area contributed by atoms with E-state index in [0.29, 0.717) is 5.69 Å². The smallest absolute Gasteiger partial charge is 0.303 e. The molecule has 0 aliphatic carbocycles. The fraction of sp³-hybridized carbons (Fsp3) is 0.333. The number of aromatic nitrogens is 1. The number of aliphatic carboxylic acids is 1. The van der Waals surface area contributed by atoms with Crippen LogP contribution in [0.2, 0.25) is 0 Å². The van der Waals surface area contributed by atoms with E-state index in [1.807, 2.05) is 0 Å². The lowest BCUT2D eigenvalue weighted by molar-refractivity contribution is -0.137. The highest BCUT2D eigenvalue weighted by Gasteiger charge is 2.10. The normalized spacial score (nSPS) is 12.4. The number of aliphatic hydroxyl groups is 1. The lowest BCUT2D eigenvalue weighted by Gasteiger charge is -2.07. The molecule has 0 aliphatic heterocycles. The van der Waals surface area contributed by atoms with Crippen molar-refractivity contribution in [2.45, 2.75) is 18.9 Å². The molecule has 14 heavy (non-hydrogen) atoms. The van der Waals surface area contributed by atoms with E-state index in [0.717, 1.165) is 4.47 Å². The van der Waals surface area contributed by atoms with Crippen molar-refractivity contribution < 1.29 is 15.0 Å². The molecule has 1 unspecified atom stereocenters. The number of pyridine rings is 1. The Kier molecular flexibility index (Phi) is 4.03. The molecule has 1 rings (SSSR count). The van der Waals surface area contributed by atoms with E-state index < -0.39 is 12.1 Å². The highest BCUT2D eigenvalue weighted by molar-refractivity contribution is 9.10. The minimum absolute atomic E-state index is 0.0566. The van der Waals surface area contributed by atoms with Crippen molar-refractivity contribution in [1.29, 1.82) is 0 Å². The maximum Gasteiger partial charge on any atom is 0.303 e. The van der Waals surface area contributed by atoms with E-state index in [4.69, 9.17) is 5.11 Å². The van der Waals surface area contributed by atoms with E-state index in [-0.39, 0.29) is 12.8 Å². The Balaban J connectivity index is 2.56. The largest absolute Gasteiger partial charge is 0.481 e. The van der Waals surface area contributed by atoms with E-state index in [1.165, 1.54) is 0 Å². The van der Waals surface area contributed by atoms with Crippen LogP contribution in [-0.4, -0.2) is 21.2 Å². The Labute approximate surface area is 89.7 Å². The molecule has 0 saturated heterocycles. The first kappa shape index (κ1) is 11.1. The highest BCUT2D eigenvalue weighted by atomic mass is 79.9. The number of rotatable bonds is 4. The Bertz CT molecular complexity index is 312. The summed E-state index contributed by atoms with van der Waals surface area (Å²) in [6.07, 6.45) is 0.890. The zero-order valence-corrected chi connectivity index (χ0v) is 8.94. The summed E-state index contributed by atoms with van der Waals surface area (Å²) in [4.78, 5) is 14.2. The third-order valence-corrected chi connectivity index (χ3v) is 2.19. The molecule has 1 aromatic heterocycles. The van der Waals surface area contributed by atoms with Gasteiger partial charge in [0.2, 0.25) is 0 Å². The van der Waals surface area contributed by atoms with Gasteiger partial charge in [0.05, 0.1) is 11.8 Å². The van der Waals surface area contributed by atoms with Gasteiger partial charge in [-0.2, -0.15) is 0 Å². The van der Waals surface area contributed by atoms with Crippen LogP contribution in [0.15, 0.2) is 22.8 Å². The first-order valence-electron chi connectivity index (χ1n) is 4.11. The predicted octanol–water partition coefficient (Wildman–Crippen LogP) is 1.74. The standard InChI is InChI=1S/C9H10BrNO3/c10-6-1-2-7(11-5-6)8(12)3-4-9(13)14/h1-2,5,8,12H,3-4H2,(H,13,14). The molecule has 0 radical (unpaired) electrons. The Morgan fingerprint density at radius 1 is 1.57 bits per heavy atom. The molecule has 1 aromatic rings. The van der Waals surface area contributed by atoms with Crippen molar-refractivity contribution in [2.24, 2.45) is 0 Å². The van der Waals surface area contributed by atoms with Gasteiger partial charge in [-0.15, -0.1) is 0 Å². The first-order chi connectivity index (χ1) is 6.59. The lowest BCUT2D eigenvalue weighted by atomic mass is 10.1. The van der Waals surface area contributed by atoms with E-state index in [1.54, 1.807) is 18.3 Å². The van der Waals surface area contributed by atoms with Crippen LogP contribution < -0.4 is 0 Å². The predicted molar refractivity (Wildman–Crippen MR) is 53.8 cm³/mol. The molecule has 5 heteroatoms. The molecule has 0 bridgehead atoms. The molecule has 2 N–H and O–H groups in total. The van der Waals surface area contributed by atoms with E-state index in [9.17, 15) is 9.90 Å². The molecule has 4 nitrogen and oxygen atoms in total. The van der Waals surface area contributed by atoms with Gasteiger partial charge in [-0.3, -0.25) is 9.78 Å². The average Bonchev–Trinajstić information content (AvgIpc) is 2.15. The SMILES string of the molecule is O=C(O)CCC(O)c1ccc(Br)cn1. The fourth-order valence-corrected chi connectivity index (χ4v) is 1.23. The van der Waals surface area contributed by atoms with Gasteiger partial charge in [0.15, 0.2) is 0 Å². The number of halogens is 1. The molecule has 0 aliphatic rings. The molecule has 0 spiro atoms. The van der Waals surface area contributed by atoms with Gasteiger partial charge >= 0.3 is 5.97 Å². The van der Waals surface area contributed by atoms with Crippen LogP contribution in [-0.2, 0) is 4.79 Å². The topological polar surface area (TPSA) is 70.4 Å².